The van der Waals surface area contributed by atoms with Crippen molar-refractivity contribution in [1.29, 1.82) is 0 Å². The number of nitrogens with zero attached hydrogens (tertiary/aromatic N) is 1. The molecule has 0 aliphatic rings. The molecule has 4 nitrogen and oxygen atoms in total. The minimum absolute atomic E-state index is 0.362. The van der Waals surface area contributed by atoms with E-state index in [1.165, 1.54) is 11.3 Å². The maximum Gasteiger partial charge on any atom is 0.345 e. The predicted molar refractivity (Wildman–Crippen MR) is 116 cm³/mol. The van der Waals surface area contributed by atoms with Crippen molar-refractivity contribution in [2.24, 2.45) is 0 Å². The molecular weight excluding hydrogens is 410 g/mol. The zero-order chi connectivity index (χ0) is 19.1. The van der Waals surface area contributed by atoms with Crippen molar-refractivity contribution in [2.75, 3.05) is 0 Å². The third-order valence-electron chi connectivity index (χ3n) is 4.37. The second-order valence-electron chi connectivity index (χ2n) is 6.18. The summed E-state index contributed by atoms with van der Waals surface area (Å²) in [5.74, 6) is -0.165. The number of aromatic nitrogens is 1. The number of fused-ring (bicyclic) bond motifs is 3. The third kappa shape index (κ3) is 3.22. The van der Waals surface area contributed by atoms with Gasteiger partial charge in [-0.2, -0.15) is 0 Å². The Kier molecular flexibility index (Phi) is 4.43. The van der Waals surface area contributed by atoms with Crippen molar-refractivity contribution in [1.82, 2.24) is 4.98 Å². The molecule has 0 fully saturated rings. The van der Waals surface area contributed by atoms with Crippen LogP contribution in [0.2, 0.25) is 0 Å². The summed E-state index contributed by atoms with van der Waals surface area (Å²) in [5.41, 5.74) is 3.71. The van der Waals surface area contributed by atoms with Gasteiger partial charge in [-0.25, -0.2) is 9.78 Å². The standard InChI is InChI=1S/C21H13NO3S3/c23-21(24)19-8-13(9-27-19)26-11-20-22-16(10-28-20)12-5-6-15-14-3-1-2-4-17(14)25-18(15)7-12/h1-10H,11H2,(H,23,24). The van der Waals surface area contributed by atoms with Crippen LogP contribution in [0, 0.1) is 0 Å². The Morgan fingerprint density at radius 2 is 1.89 bits per heavy atom. The van der Waals surface area contributed by atoms with E-state index in [2.05, 4.69) is 23.6 Å². The lowest BCUT2D eigenvalue weighted by molar-refractivity contribution is 0.0702. The van der Waals surface area contributed by atoms with Gasteiger partial charge in [-0.05, 0) is 24.3 Å². The van der Waals surface area contributed by atoms with Crippen molar-refractivity contribution >= 4 is 62.3 Å². The molecule has 0 aliphatic heterocycles. The number of thiazole rings is 1. The van der Waals surface area contributed by atoms with E-state index >= 15 is 0 Å². The first kappa shape index (κ1) is 17.5. The number of carboxylic acids is 1. The molecule has 0 atom stereocenters. The molecule has 1 N–H and O–H groups in total. The van der Waals surface area contributed by atoms with E-state index in [0.29, 0.717) is 10.6 Å². The number of thioether (sulfide) groups is 1. The fourth-order valence-electron chi connectivity index (χ4n) is 3.05. The van der Waals surface area contributed by atoms with Gasteiger partial charge in [0.25, 0.3) is 0 Å². The number of aromatic carboxylic acids is 1. The normalized spacial score (nSPS) is 11.4. The molecule has 2 aromatic carbocycles. The molecule has 0 spiro atoms. The average Bonchev–Trinajstić information content (AvgIpc) is 3.43. The average molecular weight is 424 g/mol. The van der Waals surface area contributed by atoms with Gasteiger partial charge in [0.2, 0.25) is 0 Å². The number of rotatable bonds is 5. The second kappa shape index (κ2) is 7.09. The van der Waals surface area contributed by atoms with Crippen molar-refractivity contribution < 1.29 is 14.3 Å². The van der Waals surface area contributed by atoms with Gasteiger partial charge in [0.05, 0.1) is 11.4 Å². The van der Waals surface area contributed by atoms with Crippen LogP contribution in [0.4, 0.5) is 0 Å². The van der Waals surface area contributed by atoms with Gasteiger partial charge in [0.15, 0.2) is 0 Å². The lowest BCUT2D eigenvalue weighted by atomic mass is 10.1. The Hall–Kier alpha value is -2.61. The third-order valence-corrected chi connectivity index (χ3v) is 7.46. The Labute approximate surface area is 172 Å². The molecule has 3 aromatic heterocycles. The number of furan rings is 1. The summed E-state index contributed by atoms with van der Waals surface area (Å²) in [5, 5.41) is 16.2. The molecule has 0 saturated carbocycles. The largest absolute Gasteiger partial charge is 0.477 e. The van der Waals surface area contributed by atoms with Gasteiger partial charge >= 0.3 is 5.97 Å². The molecule has 5 aromatic rings. The number of para-hydroxylation sites is 1. The molecule has 0 amide bonds. The highest BCUT2D eigenvalue weighted by molar-refractivity contribution is 7.98. The molecule has 0 saturated heterocycles. The van der Waals surface area contributed by atoms with Gasteiger partial charge in [0, 0.05) is 32.0 Å². The number of carboxylic acid groups (broad SMARTS) is 1. The van der Waals surface area contributed by atoms with Gasteiger partial charge in [0.1, 0.15) is 21.1 Å². The molecule has 5 rings (SSSR count). The van der Waals surface area contributed by atoms with E-state index < -0.39 is 5.97 Å². The lowest BCUT2D eigenvalue weighted by Gasteiger charge is -1.97. The van der Waals surface area contributed by atoms with Crippen molar-refractivity contribution in [3.63, 3.8) is 0 Å². The highest BCUT2D eigenvalue weighted by atomic mass is 32.2. The molecule has 0 unspecified atom stereocenters. The minimum Gasteiger partial charge on any atom is -0.477 e. The minimum atomic E-state index is -0.880. The van der Waals surface area contributed by atoms with Crippen LogP contribution in [-0.4, -0.2) is 16.1 Å². The summed E-state index contributed by atoms with van der Waals surface area (Å²) < 4.78 is 5.97. The van der Waals surface area contributed by atoms with Crippen LogP contribution in [0.5, 0.6) is 0 Å². The SMILES string of the molecule is O=C(O)c1cc(SCc2nc(-c3ccc4c(c3)oc3ccccc34)cs2)cs1. The summed E-state index contributed by atoms with van der Waals surface area (Å²) in [6.45, 7) is 0. The number of thiophene rings is 1. The first-order valence-electron chi connectivity index (χ1n) is 8.48. The number of benzene rings is 2. The van der Waals surface area contributed by atoms with Crippen molar-refractivity contribution in [3.05, 3.63) is 69.2 Å². The van der Waals surface area contributed by atoms with E-state index in [0.717, 1.165) is 43.1 Å². The Bertz CT molecular complexity index is 1310. The van der Waals surface area contributed by atoms with Gasteiger partial charge in [-0.1, -0.05) is 24.3 Å². The highest BCUT2D eigenvalue weighted by Gasteiger charge is 2.11. The summed E-state index contributed by atoms with van der Waals surface area (Å²) >= 11 is 4.46. The van der Waals surface area contributed by atoms with Crippen LogP contribution < -0.4 is 0 Å². The molecule has 28 heavy (non-hydrogen) atoms. The zero-order valence-corrected chi connectivity index (χ0v) is 16.9. The number of carbonyl (C=O) groups is 1. The summed E-state index contributed by atoms with van der Waals surface area (Å²) in [6.07, 6.45) is 0. The van der Waals surface area contributed by atoms with Gasteiger partial charge < -0.3 is 9.52 Å². The van der Waals surface area contributed by atoms with Crippen LogP contribution >= 0.6 is 34.4 Å². The smallest absolute Gasteiger partial charge is 0.345 e. The highest BCUT2D eigenvalue weighted by Crippen LogP contribution is 2.34. The van der Waals surface area contributed by atoms with Gasteiger partial charge in [-0.15, -0.1) is 34.4 Å². The summed E-state index contributed by atoms with van der Waals surface area (Å²) in [7, 11) is 0. The number of hydrogen-bond acceptors (Lipinski definition) is 6. The molecule has 0 aliphatic carbocycles. The van der Waals surface area contributed by atoms with E-state index in [9.17, 15) is 4.79 Å². The number of hydrogen-bond donors (Lipinski definition) is 1. The summed E-state index contributed by atoms with van der Waals surface area (Å²) in [4.78, 5) is 17.0. The van der Waals surface area contributed by atoms with E-state index in [4.69, 9.17) is 14.5 Å². The molecule has 7 heteroatoms. The van der Waals surface area contributed by atoms with Crippen molar-refractivity contribution in [2.45, 2.75) is 10.6 Å². The fourth-order valence-corrected chi connectivity index (χ4v) is 5.74. The van der Waals surface area contributed by atoms with Crippen molar-refractivity contribution in [3.8, 4) is 11.3 Å². The van der Waals surface area contributed by atoms with Crippen LogP contribution in [0.3, 0.4) is 0 Å². The van der Waals surface area contributed by atoms with Crippen LogP contribution in [0.1, 0.15) is 14.7 Å². The lowest BCUT2D eigenvalue weighted by Crippen LogP contribution is -1.89. The quantitative estimate of drug-likeness (QED) is 0.316. The van der Waals surface area contributed by atoms with Crippen LogP contribution in [-0.2, 0) is 5.75 Å². The summed E-state index contributed by atoms with van der Waals surface area (Å²) in [6, 6.07) is 16.0. The monoisotopic (exact) mass is 423 g/mol. The molecule has 0 radical (unpaired) electrons. The topological polar surface area (TPSA) is 63.3 Å². The van der Waals surface area contributed by atoms with E-state index in [1.54, 1.807) is 29.2 Å². The van der Waals surface area contributed by atoms with E-state index in [-0.39, 0.29) is 0 Å². The second-order valence-corrected chi connectivity index (χ2v) is 9.08. The molecule has 0 bridgehead atoms. The van der Waals surface area contributed by atoms with E-state index in [1.807, 2.05) is 29.6 Å². The van der Waals surface area contributed by atoms with Crippen LogP contribution in [0.25, 0.3) is 33.2 Å². The molecule has 3 heterocycles. The Morgan fingerprint density at radius 3 is 2.75 bits per heavy atom. The van der Waals surface area contributed by atoms with Crippen LogP contribution in [0.15, 0.2) is 68.6 Å². The zero-order valence-electron chi connectivity index (χ0n) is 14.4. The van der Waals surface area contributed by atoms with Gasteiger partial charge in [-0.3, -0.25) is 0 Å². The Balaban J connectivity index is 1.37. The maximum absolute atomic E-state index is 11.0. The first-order valence-corrected chi connectivity index (χ1v) is 11.2. The fraction of sp³-hybridized carbons (Fsp3) is 0.0476. The molecular formula is C21H13NO3S3. The maximum atomic E-state index is 11.0. The first-order chi connectivity index (χ1) is 13.7. The predicted octanol–water partition coefficient (Wildman–Crippen LogP) is 6.76. The Morgan fingerprint density at radius 1 is 1.04 bits per heavy atom. The molecule has 138 valence electrons.